The fraction of sp³-hybridized carbons (Fsp3) is 0.182. The summed E-state index contributed by atoms with van der Waals surface area (Å²) in [6, 6.07) is 6.13. The second-order valence-electron chi connectivity index (χ2n) is 3.39. The van der Waals surface area contributed by atoms with Crippen molar-refractivity contribution in [3.8, 4) is 0 Å². The van der Waals surface area contributed by atoms with Crippen LogP contribution in [0.4, 0.5) is 5.69 Å². The topological polar surface area (TPSA) is 72.2 Å². The van der Waals surface area contributed by atoms with E-state index in [1.54, 1.807) is 19.1 Å². The molecule has 0 aliphatic rings. The highest BCUT2D eigenvalue weighted by Crippen LogP contribution is 2.12. The number of rotatable bonds is 4. The zero-order valence-electron chi connectivity index (χ0n) is 8.90. The summed E-state index contributed by atoms with van der Waals surface area (Å²) in [4.78, 5) is 21.2. The second-order valence-corrected chi connectivity index (χ2v) is 3.39. The zero-order valence-corrected chi connectivity index (χ0v) is 8.90. The summed E-state index contributed by atoms with van der Waals surface area (Å²) < 4.78 is 0. The minimum atomic E-state index is -0.468. The van der Waals surface area contributed by atoms with Crippen molar-refractivity contribution >= 4 is 11.6 Å². The van der Waals surface area contributed by atoms with Crippen LogP contribution in [0.5, 0.6) is 0 Å². The van der Waals surface area contributed by atoms with Gasteiger partial charge in [-0.15, -0.1) is 0 Å². The van der Waals surface area contributed by atoms with E-state index in [1.165, 1.54) is 12.1 Å². The van der Waals surface area contributed by atoms with Gasteiger partial charge < -0.3 is 5.32 Å². The van der Waals surface area contributed by atoms with Crippen molar-refractivity contribution < 1.29 is 9.72 Å². The average molecular weight is 220 g/mol. The molecule has 0 aromatic heterocycles. The molecule has 1 aromatic carbocycles. The number of hydrogen-bond donors (Lipinski definition) is 1. The molecule has 0 saturated heterocycles. The van der Waals surface area contributed by atoms with E-state index in [4.69, 9.17) is 0 Å². The van der Waals surface area contributed by atoms with Crippen LogP contribution in [-0.2, 0) is 11.3 Å². The van der Waals surface area contributed by atoms with Gasteiger partial charge >= 0.3 is 0 Å². The summed E-state index contributed by atoms with van der Waals surface area (Å²) in [6.07, 6.45) is 0. The molecule has 0 atom stereocenters. The first kappa shape index (κ1) is 11.9. The zero-order chi connectivity index (χ0) is 12.1. The van der Waals surface area contributed by atoms with Gasteiger partial charge in [-0.2, -0.15) is 0 Å². The molecule has 0 aliphatic heterocycles. The molecule has 0 radical (unpaired) electrons. The van der Waals surface area contributed by atoms with Crippen LogP contribution in [0.25, 0.3) is 0 Å². The summed E-state index contributed by atoms with van der Waals surface area (Å²) in [6.45, 7) is 5.35. The van der Waals surface area contributed by atoms with E-state index in [2.05, 4.69) is 11.9 Å². The van der Waals surface area contributed by atoms with Crippen molar-refractivity contribution in [1.29, 1.82) is 0 Å². The standard InChI is InChI=1S/C11H12N2O3/c1-8(2)11(14)12-7-9-4-3-5-10(6-9)13(15)16/h3-6H,1,7H2,2H3,(H,12,14). The predicted molar refractivity (Wildman–Crippen MR) is 59.8 cm³/mol. The molecule has 0 heterocycles. The Labute approximate surface area is 92.9 Å². The van der Waals surface area contributed by atoms with Crippen molar-refractivity contribution in [1.82, 2.24) is 5.32 Å². The fourth-order valence-corrected chi connectivity index (χ4v) is 1.11. The van der Waals surface area contributed by atoms with Crippen molar-refractivity contribution in [3.63, 3.8) is 0 Å². The van der Waals surface area contributed by atoms with Gasteiger partial charge in [0.25, 0.3) is 5.69 Å². The Morgan fingerprint density at radius 2 is 2.25 bits per heavy atom. The van der Waals surface area contributed by atoms with Gasteiger partial charge in [-0.3, -0.25) is 14.9 Å². The van der Waals surface area contributed by atoms with Crippen LogP contribution in [0.15, 0.2) is 36.4 Å². The molecule has 5 nitrogen and oxygen atoms in total. The summed E-state index contributed by atoms with van der Waals surface area (Å²) in [7, 11) is 0. The summed E-state index contributed by atoms with van der Waals surface area (Å²) in [5.74, 6) is -0.258. The molecule has 1 amide bonds. The third-order valence-corrected chi connectivity index (χ3v) is 1.96. The average Bonchev–Trinajstić information content (AvgIpc) is 2.26. The van der Waals surface area contributed by atoms with E-state index in [-0.39, 0.29) is 18.1 Å². The Morgan fingerprint density at radius 3 is 2.81 bits per heavy atom. The van der Waals surface area contributed by atoms with Crippen molar-refractivity contribution in [2.45, 2.75) is 13.5 Å². The summed E-state index contributed by atoms with van der Waals surface area (Å²) in [5.41, 5.74) is 1.11. The lowest BCUT2D eigenvalue weighted by Gasteiger charge is -2.04. The van der Waals surface area contributed by atoms with E-state index in [1.807, 2.05) is 0 Å². The Bertz CT molecular complexity index is 441. The molecule has 1 rings (SSSR count). The highest BCUT2D eigenvalue weighted by molar-refractivity contribution is 5.91. The molecule has 16 heavy (non-hydrogen) atoms. The minimum Gasteiger partial charge on any atom is -0.348 e. The number of amides is 1. The van der Waals surface area contributed by atoms with Gasteiger partial charge in [-0.25, -0.2) is 0 Å². The number of benzene rings is 1. The molecule has 0 spiro atoms. The molecule has 0 unspecified atom stereocenters. The SMILES string of the molecule is C=C(C)C(=O)NCc1cccc([N+](=O)[O-])c1. The van der Waals surface area contributed by atoms with Crippen molar-refractivity contribution in [2.75, 3.05) is 0 Å². The van der Waals surface area contributed by atoms with Crippen LogP contribution in [0.3, 0.4) is 0 Å². The van der Waals surface area contributed by atoms with Crippen LogP contribution >= 0.6 is 0 Å². The molecule has 0 aliphatic carbocycles. The first-order chi connectivity index (χ1) is 7.50. The fourth-order valence-electron chi connectivity index (χ4n) is 1.11. The van der Waals surface area contributed by atoms with Gasteiger partial charge in [0, 0.05) is 24.3 Å². The quantitative estimate of drug-likeness (QED) is 0.477. The number of nitro benzene ring substituents is 1. The highest BCUT2D eigenvalue weighted by Gasteiger charge is 2.06. The van der Waals surface area contributed by atoms with Crippen molar-refractivity contribution in [2.24, 2.45) is 0 Å². The Kier molecular flexibility index (Phi) is 3.77. The van der Waals surface area contributed by atoms with Crippen LogP contribution in [-0.4, -0.2) is 10.8 Å². The van der Waals surface area contributed by atoms with E-state index in [0.29, 0.717) is 11.1 Å². The van der Waals surface area contributed by atoms with E-state index in [0.717, 1.165) is 0 Å². The Morgan fingerprint density at radius 1 is 1.56 bits per heavy atom. The molecule has 0 fully saturated rings. The Balaban J connectivity index is 2.68. The molecule has 0 bridgehead atoms. The van der Waals surface area contributed by atoms with Gasteiger partial charge in [-0.1, -0.05) is 18.7 Å². The summed E-state index contributed by atoms with van der Waals surface area (Å²) in [5, 5.41) is 13.1. The van der Waals surface area contributed by atoms with E-state index >= 15 is 0 Å². The molecular formula is C11H12N2O3. The molecule has 0 saturated carbocycles. The number of nitrogens with zero attached hydrogens (tertiary/aromatic N) is 1. The summed E-state index contributed by atoms with van der Waals surface area (Å²) >= 11 is 0. The van der Waals surface area contributed by atoms with Crippen LogP contribution in [0, 0.1) is 10.1 Å². The number of carbonyl (C=O) groups excluding carboxylic acids is 1. The molecule has 1 N–H and O–H groups in total. The van der Waals surface area contributed by atoms with E-state index < -0.39 is 4.92 Å². The van der Waals surface area contributed by atoms with Crippen LogP contribution in [0.2, 0.25) is 0 Å². The van der Waals surface area contributed by atoms with Crippen molar-refractivity contribution in [3.05, 3.63) is 52.1 Å². The maximum absolute atomic E-state index is 11.2. The molecular weight excluding hydrogens is 208 g/mol. The van der Waals surface area contributed by atoms with E-state index in [9.17, 15) is 14.9 Å². The predicted octanol–water partition coefficient (Wildman–Crippen LogP) is 1.79. The van der Waals surface area contributed by atoms with Gasteiger partial charge in [0.15, 0.2) is 0 Å². The number of non-ortho nitro benzene ring substituents is 1. The second kappa shape index (κ2) is 5.06. The highest BCUT2D eigenvalue weighted by atomic mass is 16.6. The lowest BCUT2D eigenvalue weighted by Crippen LogP contribution is -2.22. The van der Waals surface area contributed by atoms with Crippen LogP contribution in [0.1, 0.15) is 12.5 Å². The normalized spacial score (nSPS) is 9.56. The first-order valence-corrected chi connectivity index (χ1v) is 4.67. The maximum atomic E-state index is 11.2. The number of carbonyl (C=O) groups is 1. The molecule has 84 valence electrons. The molecule has 5 heteroatoms. The third-order valence-electron chi connectivity index (χ3n) is 1.96. The number of nitro groups is 1. The van der Waals surface area contributed by atoms with Gasteiger partial charge in [-0.05, 0) is 12.5 Å². The maximum Gasteiger partial charge on any atom is 0.269 e. The smallest absolute Gasteiger partial charge is 0.269 e. The lowest BCUT2D eigenvalue weighted by atomic mass is 10.2. The molecule has 1 aromatic rings. The first-order valence-electron chi connectivity index (χ1n) is 4.67. The number of hydrogen-bond acceptors (Lipinski definition) is 3. The Hall–Kier alpha value is -2.17. The largest absolute Gasteiger partial charge is 0.348 e. The van der Waals surface area contributed by atoms with Gasteiger partial charge in [0.2, 0.25) is 5.91 Å². The monoisotopic (exact) mass is 220 g/mol. The number of nitrogens with one attached hydrogen (secondary N) is 1. The minimum absolute atomic E-state index is 0.0158. The van der Waals surface area contributed by atoms with Crippen LogP contribution < -0.4 is 5.32 Å². The van der Waals surface area contributed by atoms with Gasteiger partial charge in [0.1, 0.15) is 0 Å². The van der Waals surface area contributed by atoms with Gasteiger partial charge in [0.05, 0.1) is 4.92 Å². The third kappa shape index (κ3) is 3.20. The lowest BCUT2D eigenvalue weighted by molar-refractivity contribution is -0.384.